The molecule has 0 aliphatic rings. The SMILES string of the molecule is CCCCNC(C#N)c1c[nH]c2ccc(OC)cc12. The molecule has 0 aliphatic heterocycles. The van der Waals surface area contributed by atoms with Gasteiger partial charge in [0.15, 0.2) is 0 Å². The number of hydrogen-bond donors (Lipinski definition) is 2. The second-order valence-electron chi connectivity index (χ2n) is 4.53. The van der Waals surface area contributed by atoms with Crippen molar-refractivity contribution in [3.8, 4) is 11.8 Å². The molecule has 1 heterocycles. The van der Waals surface area contributed by atoms with E-state index in [2.05, 4.69) is 23.3 Å². The lowest BCUT2D eigenvalue weighted by molar-refractivity contribution is 0.415. The summed E-state index contributed by atoms with van der Waals surface area (Å²) in [5, 5.41) is 13.6. The molecule has 1 atom stereocenters. The molecule has 0 bridgehead atoms. The predicted molar refractivity (Wildman–Crippen MR) is 76.1 cm³/mol. The van der Waals surface area contributed by atoms with Crippen molar-refractivity contribution < 1.29 is 4.74 Å². The van der Waals surface area contributed by atoms with E-state index in [0.29, 0.717) is 0 Å². The Hall–Kier alpha value is -1.99. The Morgan fingerprint density at radius 1 is 1.47 bits per heavy atom. The summed E-state index contributed by atoms with van der Waals surface area (Å²) < 4.78 is 5.24. The van der Waals surface area contributed by atoms with Crippen LogP contribution in [0.15, 0.2) is 24.4 Å². The van der Waals surface area contributed by atoms with Crippen molar-refractivity contribution in [1.29, 1.82) is 5.26 Å². The van der Waals surface area contributed by atoms with E-state index in [1.807, 2.05) is 24.4 Å². The first-order valence-corrected chi connectivity index (χ1v) is 6.58. The smallest absolute Gasteiger partial charge is 0.123 e. The molecular formula is C15H19N3O. The van der Waals surface area contributed by atoms with Gasteiger partial charge in [-0.15, -0.1) is 0 Å². The van der Waals surface area contributed by atoms with Gasteiger partial charge in [-0.05, 0) is 31.2 Å². The number of fused-ring (bicyclic) bond motifs is 1. The first kappa shape index (κ1) is 13.4. The van der Waals surface area contributed by atoms with Gasteiger partial charge in [0.2, 0.25) is 0 Å². The van der Waals surface area contributed by atoms with Gasteiger partial charge in [0.1, 0.15) is 11.8 Å². The lowest BCUT2D eigenvalue weighted by Crippen LogP contribution is -2.20. The number of unbranched alkanes of at least 4 members (excludes halogenated alkanes) is 1. The summed E-state index contributed by atoms with van der Waals surface area (Å²) in [4.78, 5) is 3.20. The second-order valence-corrected chi connectivity index (χ2v) is 4.53. The molecule has 1 aromatic heterocycles. The molecule has 0 saturated carbocycles. The highest BCUT2D eigenvalue weighted by atomic mass is 16.5. The summed E-state index contributed by atoms with van der Waals surface area (Å²) >= 11 is 0. The fourth-order valence-corrected chi connectivity index (χ4v) is 2.14. The molecule has 100 valence electrons. The number of aromatic amines is 1. The summed E-state index contributed by atoms with van der Waals surface area (Å²) in [5.41, 5.74) is 2.00. The van der Waals surface area contributed by atoms with Crippen LogP contribution in [0.4, 0.5) is 0 Å². The fourth-order valence-electron chi connectivity index (χ4n) is 2.14. The molecule has 0 aliphatic carbocycles. The Bertz CT molecular complexity index is 583. The Morgan fingerprint density at radius 3 is 3.00 bits per heavy atom. The van der Waals surface area contributed by atoms with E-state index in [1.54, 1.807) is 7.11 Å². The number of rotatable bonds is 6. The van der Waals surface area contributed by atoms with Crippen LogP contribution in [0.5, 0.6) is 5.75 Å². The maximum absolute atomic E-state index is 9.33. The molecule has 4 heteroatoms. The number of methoxy groups -OCH3 is 1. The summed E-state index contributed by atoms with van der Waals surface area (Å²) in [5.74, 6) is 0.804. The van der Waals surface area contributed by atoms with Gasteiger partial charge >= 0.3 is 0 Å². The highest BCUT2D eigenvalue weighted by Gasteiger charge is 2.14. The van der Waals surface area contributed by atoms with Crippen LogP contribution in [0.3, 0.4) is 0 Å². The number of ether oxygens (including phenoxy) is 1. The average Bonchev–Trinajstić information content (AvgIpc) is 2.86. The lowest BCUT2D eigenvalue weighted by Gasteiger charge is -2.10. The molecule has 2 rings (SSSR count). The van der Waals surface area contributed by atoms with Gasteiger partial charge < -0.3 is 9.72 Å². The van der Waals surface area contributed by atoms with Crippen molar-refractivity contribution in [2.75, 3.05) is 13.7 Å². The van der Waals surface area contributed by atoms with Gasteiger partial charge in [-0.2, -0.15) is 5.26 Å². The zero-order chi connectivity index (χ0) is 13.7. The molecule has 2 aromatic rings. The first-order chi connectivity index (χ1) is 9.30. The third-order valence-electron chi connectivity index (χ3n) is 3.24. The number of hydrogen-bond acceptors (Lipinski definition) is 3. The van der Waals surface area contributed by atoms with Gasteiger partial charge in [0.05, 0.1) is 13.2 Å². The second kappa shape index (κ2) is 6.26. The Kier molecular flexibility index (Phi) is 4.43. The molecule has 0 radical (unpaired) electrons. The van der Waals surface area contributed by atoms with Gasteiger partial charge in [0.25, 0.3) is 0 Å². The molecule has 1 unspecified atom stereocenters. The standard InChI is InChI=1S/C15H19N3O/c1-3-4-7-17-15(9-16)13-10-18-14-6-5-11(19-2)8-12(13)14/h5-6,8,10,15,17-18H,3-4,7H2,1-2H3. The zero-order valence-corrected chi connectivity index (χ0v) is 11.4. The monoisotopic (exact) mass is 257 g/mol. The van der Waals surface area contributed by atoms with Crippen molar-refractivity contribution in [3.63, 3.8) is 0 Å². The van der Waals surface area contributed by atoms with Crippen LogP contribution in [-0.4, -0.2) is 18.6 Å². The van der Waals surface area contributed by atoms with Crippen LogP contribution >= 0.6 is 0 Å². The molecule has 0 amide bonds. The molecule has 0 spiro atoms. The Morgan fingerprint density at radius 2 is 2.32 bits per heavy atom. The van der Waals surface area contributed by atoms with Crippen LogP contribution in [0.2, 0.25) is 0 Å². The number of H-pyrrole nitrogens is 1. The third-order valence-corrected chi connectivity index (χ3v) is 3.24. The molecular weight excluding hydrogens is 238 g/mol. The van der Waals surface area contributed by atoms with Crippen molar-refractivity contribution >= 4 is 10.9 Å². The van der Waals surface area contributed by atoms with E-state index < -0.39 is 0 Å². The molecule has 0 saturated heterocycles. The summed E-state index contributed by atoms with van der Waals surface area (Å²) in [6.45, 7) is 2.99. The predicted octanol–water partition coefficient (Wildman–Crippen LogP) is 3.13. The summed E-state index contributed by atoms with van der Waals surface area (Å²) in [6.07, 6.45) is 4.09. The molecule has 2 N–H and O–H groups in total. The number of nitrogens with one attached hydrogen (secondary N) is 2. The van der Waals surface area contributed by atoms with Gasteiger partial charge in [-0.1, -0.05) is 13.3 Å². The Balaban J connectivity index is 2.29. The summed E-state index contributed by atoms with van der Waals surface area (Å²) in [6, 6.07) is 7.88. The topological polar surface area (TPSA) is 60.8 Å². The summed E-state index contributed by atoms with van der Waals surface area (Å²) in [7, 11) is 1.65. The molecule has 19 heavy (non-hydrogen) atoms. The van der Waals surface area contributed by atoms with Crippen LogP contribution in [0.25, 0.3) is 10.9 Å². The minimum absolute atomic E-state index is 0.285. The van der Waals surface area contributed by atoms with Crippen molar-refractivity contribution in [2.24, 2.45) is 0 Å². The third kappa shape index (κ3) is 2.88. The van der Waals surface area contributed by atoms with Crippen LogP contribution in [-0.2, 0) is 0 Å². The molecule has 1 aromatic carbocycles. The van der Waals surface area contributed by atoms with Crippen LogP contribution in [0.1, 0.15) is 31.4 Å². The number of aromatic nitrogens is 1. The van der Waals surface area contributed by atoms with Crippen LogP contribution in [0, 0.1) is 11.3 Å². The zero-order valence-electron chi connectivity index (χ0n) is 11.4. The highest BCUT2D eigenvalue weighted by molar-refractivity contribution is 5.85. The number of nitrogens with zero attached hydrogens (tertiary/aromatic N) is 1. The van der Waals surface area contributed by atoms with Crippen molar-refractivity contribution in [3.05, 3.63) is 30.0 Å². The first-order valence-electron chi connectivity index (χ1n) is 6.58. The highest BCUT2D eigenvalue weighted by Crippen LogP contribution is 2.27. The lowest BCUT2D eigenvalue weighted by atomic mass is 10.1. The number of nitriles is 1. The molecule has 0 fully saturated rings. The van der Waals surface area contributed by atoms with Crippen molar-refractivity contribution in [1.82, 2.24) is 10.3 Å². The Labute approximate surface area is 113 Å². The van der Waals surface area contributed by atoms with Gasteiger partial charge in [0, 0.05) is 22.7 Å². The van der Waals surface area contributed by atoms with E-state index in [9.17, 15) is 5.26 Å². The van der Waals surface area contributed by atoms with E-state index in [4.69, 9.17) is 4.74 Å². The maximum atomic E-state index is 9.33. The minimum atomic E-state index is -0.285. The van der Waals surface area contributed by atoms with Crippen LogP contribution < -0.4 is 10.1 Å². The van der Waals surface area contributed by atoms with E-state index in [0.717, 1.165) is 41.6 Å². The maximum Gasteiger partial charge on any atom is 0.123 e. The largest absolute Gasteiger partial charge is 0.497 e. The number of benzene rings is 1. The average molecular weight is 257 g/mol. The minimum Gasteiger partial charge on any atom is -0.497 e. The van der Waals surface area contributed by atoms with E-state index in [-0.39, 0.29) is 6.04 Å². The van der Waals surface area contributed by atoms with Gasteiger partial charge in [-0.3, -0.25) is 5.32 Å². The van der Waals surface area contributed by atoms with E-state index >= 15 is 0 Å². The quantitative estimate of drug-likeness (QED) is 0.781. The molecule has 4 nitrogen and oxygen atoms in total. The fraction of sp³-hybridized carbons (Fsp3) is 0.400. The van der Waals surface area contributed by atoms with E-state index in [1.165, 1.54) is 0 Å². The van der Waals surface area contributed by atoms with Gasteiger partial charge in [-0.25, -0.2) is 0 Å². The normalized spacial score (nSPS) is 12.3. The van der Waals surface area contributed by atoms with Crippen molar-refractivity contribution in [2.45, 2.75) is 25.8 Å².